The minimum atomic E-state index is -0.829. The van der Waals surface area contributed by atoms with Crippen LogP contribution in [0.5, 0.6) is 0 Å². The normalized spacial score (nSPS) is 13.4. The molecule has 0 bridgehead atoms. The highest BCUT2D eigenvalue weighted by Gasteiger charge is 2.12. The molecule has 0 spiro atoms. The Balaban J connectivity index is 3.96. The summed E-state index contributed by atoms with van der Waals surface area (Å²) < 4.78 is 0. The van der Waals surface area contributed by atoms with Gasteiger partial charge in [-0.2, -0.15) is 0 Å². The molecular formula is C13H28Si. The van der Waals surface area contributed by atoms with Crippen molar-refractivity contribution < 1.29 is 0 Å². The molecule has 0 aromatic heterocycles. The smallest absolute Gasteiger partial charge is 0.0445 e. The largest absolute Gasteiger partial charge is 0.0854 e. The number of allylic oxidation sites excluding steroid dienone is 2. The first kappa shape index (κ1) is 14.0. The van der Waals surface area contributed by atoms with Gasteiger partial charge in [0.05, 0.1) is 0 Å². The van der Waals surface area contributed by atoms with Gasteiger partial charge in [0.15, 0.2) is 0 Å². The zero-order valence-electron chi connectivity index (χ0n) is 10.8. The van der Waals surface area contributed by atoms with Crippen LogP contribution in [0.2, 0.25) is 25.7 Å². The highest BCUT2D eigenvalue weighted by atomic mass is 28.3. The quantitative estimate of drug-likeness (QED) is 0.400. The van der Waals surface area contributed by atoms with E-state index in [1.165, 1.54) is 38.1 Å². The van der Waals surface area contributed by atoms with Crippen molar-refractivity contribution in [1.29, 1.82) is 0 Å². The van der Waals surface area contributed by atoms with E-state index in [0.717, 1.165) is 0 Å². The van der Waals surface area contributed by atoms with Crippen LogP contribution in [0.15, 0.2) is 11.6 Å². The Hall–Kier alpha value is -0.0431. The lowest BCUT2D eigenvalue weighted by Crippen LogP contribution is -2.18. The predicted octanol–water partition coefficient (Wildman–Crippen LogP) is 5.24. The van der Waals surface area contributed by atoms with Crippen LogP contribution in [0, 0.1) is 0 Å². The fraction of sp³-hybridized carbons (Fsp3) is 0.846. The molecule has 0 saturated heterocycles. The molecular weight excluding hydrogens is 184 g/mol. The van der Waals surface area contributed by atoms with Gasteiger partial charge in [-0.25, -0.2) is 0 Å². The lowest BCUT2D eigenvalue weighted by atomic mass is 10.1. The summed E-state index contributed by atoms with van der Waals surface area (Å²) in [5, 5.41) is 0. The molecule has 0 N–H and O–H groups in total. The van der Waals surface area contributed by atoms with Gasteiger partial charge in [-0.15, -0.1) is 0 Å². The molecule has 0 aliphatic rings. The Labute approximate surface area is 91.8 Å². The second-order valence-electron chi connectivity index (χ2n) is 5.46. The van der Waals surface area contributed by atoms with E-state index >= 15 is 0 Å². The third-order valence-corrected chi connectivity index (χ3v) is 4.24. The van der Waals surface area contributed by atoms with Crippen LogP contribution in [0.1, 0.15) is 46.0 Å². The summed E-state index contributed by atoms with van der Waals surface area (Å²) in [6.07, 6.45) is 9.06. The summed E-state index contributed by atoms with van der Waals surface area (Å²) in [6, 6.07) is 1.46. The SMILES string of the molecule is CCC/C=C(\CCC)CC[Si](C)(C)C. The molecule has 0 aliphatic carbocycles. The van der Waals surface area contributed by atoms with Gasteiger partial charge in [-0.1, -0.05) is 64.0 Å². The van der Waals surface area contributed by atoms with Gasteiger partial charge in [0.1, 0.15) is 0 Å². The predicted molar refractivity (Wildman–Crippen MR) is 70.7 cm³/mol. The molecule has 1 heteroatoms. The van der Waals surface area contributed by atoms with Crippen molar-refractivity contribution in [3.63, 3.8) is 0 Å². The Bertz CT molecular complexity index is 163. The number of unbranched alkanes of at least 4 members (excludes halogenated alkanes) is 1. The van der Waals surface area contributed by atoms with E-state index in [1.54, 1.807) is 5.57 Å². The van der Waals surface area contributed by atoms with Crippen LogP contribution < -0.4 is 0 Å². The second kappa shape index (κ2) is 7.28. The van der Waals surface area contributed by atoms with E-state index in [4.69, 9.17) is 0 Å². The number of rotatable bonds is 7. The van der Waals surface area contributed by atoms with Crippen LogP contribution in [0.4, 0.5) is 0 Å². The highest BCUT2D eigenvalue weighted by Crippen LogP contribution is 2.20. The Kier molecular flexibility index (Phi) is 7.25. The maximum Gasteiger partial charge on any atom is 0.0445 e. The Morgan fingerprint density at radius 3 is 2.07 bits per heavy atom. The van der Waals surface area contributed by atoms with E-state index in [1.807, 2.05) is 0 Å². The third kappa shape index (κ3) is 8.55. The van der Waals surface area contributed by atoms with E-state index in [2.05, 4.69) is 39.6 Å². The molecule has 0 fully saturated rings. The lowest BCUT2D eigenvalue weighted by molar-refractivity contribution is 0.830. The first-order valence-electron chi connectivity index (χ1n) is 6.17. The van der Waals surface area contributed by atoms with Gasteiger partial charge in [-0.05, 0) is 19.3 Å². The van der Waals surface area contributed by atoms with Crippen LogP contribution in [-0.2, 0) is 0 Å². The zero-order valence-corrected chi connectivity index (χ0v) is 11.8. The van der Waals surface area contributed by atoms with Crippen LogP contribution in [0.3, 0.4) is 0 Å². The molecule has 0 amide bonds. The topological polar surface area (TPSA) is 0 Å². The molecule has 0 heterocycles. The molecule has 0 aliphatic heterocycles. The zero-order chi connectivity index (χ0) is 11.0. The summed E-state index contributed by atoms with van der Waals surface area (Å²) in [7, 11) is -0.829. The van der Waals surface area contributed by atoms with E-state index in [-0.39, 0.29) is 0 Å². The average Bonchev–Trinajstić information content (AvgIpc) is 2.08. The molecule has 84 valence electrons. The molecule has 0 saturated carbocycles. The minimum Gasteiger partial charge on any atom is -0.0854 e. The summed E-state index contributed by atoms with van der Waals surface area (Å²) in [5.41, 5.74) is 1.72. The summed E-state index contributed by atoms with van der Waals surface area (Å²) >= 11 is 0. The van der Waals surface area contributed by atoms with Crippen molar-refractivity contribution in [2.45, 2.75) is 71.6 Å². The van der Waals surface area contributed by atoms with Crippen molar-refractivity contribution in [1.82, 2.24) is 0 Å². The van der Waals surface area contributed by atoms with Crippen LogP contribution in [0.25, 0.3) is 0 Å². The number of hydrogen-bond acceptors (Lipinski definition) is 0. The standard InChI is InChI=1S/C13H28Si/c1-6-8-10-13(9-7-2)11-12-14(3,4)5/h10H,6-9,11-12H2,1-5H3/b13-10+. The third-order valence-electron chi connectivity index (χ3n) is 2.49. The van der Waals surface area contributed by atoms with Gasteiger partial charge in [-0.3, -0.25) is 0 Å². The average molecular weight is 212 g/mol. The molecule has 14 heavy (non-hydrogen) atoms. The molecule has 0 radical (unpaired) electrons. The first-order valence-corrected chi connectivity index (χ1v) is 9.88. The molecule has 0 atom stereocenters. The summed E-state index contributed by atoms with van der Waals surface area (Å²) in [6.45, 7) is 12.0. The van der Waals surface area contributed by atoms with Gasteiger partial charge < -0.3 is 0 Å². The fourth-order valence-electron chi connectivity index (χ4n) is 1.53. The Morgan fingerprint density at radius 2 is 1.64 bits per heavy atom. The van der Waals surface area contributed by atoms with Gasteiger partial charge >= 0.3 is 0 Å². The van der Waals surface area contributed by atoms with Crippen LogP contribution in [-0.4, -0.2) is 8.07 Å². The summed E-state index contributed by atoms with van der Waals surface area (Å²) in [5.74, 6) is 0. The molecule has 0 rings (SSSR count). The summed E-state index contributed by atoms with van der Waals surface area (Å²) in [4.78, 5) is 0. The molecule has 0 aromatic carbocycles. The van der Waals surface area contributed by atoms with Crippen LogP contribution >= 0.6 is 0 Å². The van der Waals surface area contributed by atoms with E-state index in [0.29, 0.717) is 0 Å². The maximum atomic E-state index is 2.49. The van der Waals surface area contributed by atoms with Crippen molar-refractivity contribution in [3.05, 3.63) is 11.6 Å². The monoisotopic (exact) mass is 212 g/mol. The van der Waals surface area contributed by atoms with E-state index in [9.17, 15) is 0 Å². The van der Waals surface area contributed by atoms with Crippen molar-refractivity contribution in [2.75, 3.05) is 0 Å². The van der Waals surface area contributed by atoms with Gasteiger partial charge in [0.2, 0.25) is 0 Å². The van der Waals surface area contributed by atoms with Gasteiger partial charge in [0.25, 0.3) is 0 Å². The highest BCUT2D eigenvalue weighted by molar-refractivity contribution is 6.76. The van der Waals surface area contributed by atoms with E-state index < -0.39 is 8.07 Å². The molecule has 0 nitrogen and oxygen atoms in total. The van der Waals surface area contributed by atoms with Crippen molar-refractivity contribution in [2.24, 2.45) is 0 Å². The molecule has 0 aromatic rings. The lowest BCUT2D eigenvalue weighted by Gasteiger charge is -2.16. The molecule has 0 unspecified atom stereocenters. The second-order valence-corrected chi connectivity index (χ2v) is 11.1. The maximum absolute atomic E-state index is 2.49. The van der Waals surface area contributed by atoms with Crippen molar-refractivity contribution >= 4 is 8.07 Å². The fourth-order valence-corrected chi connectivity index (χ4v) is 2.61. The van der Waals surface area contributed by atoms with Crippen molar-refractivity contribution in [3.8, 4) is 0 Å². The minimum absolute atomic E-state index is 0.829. The first-order chi connectivity index (χ1) is 6.49. The number of hydrogen-bond donors (Lipinski definition) is 0. The Morgan fingerprint density at radius 1 is 1.00 bits per heavy atom. The van der Waals surface area contributed by atoms with Gasteiger partial charge in [0, 0.05) is 8.07 Å².